The van der Waals surface area contributed by atoms with Crippen molar-refractivity contribution < 1.29 is 5.11 Å². The molecule has 2 rings (SSSR count). The fraction of sp³-hybridized carbons (Fsp3) is 0.636. The standard InChI is InChI=1S/C11H18N4O/c1-8-13-10(12-2)6-11(14-8)15-5-3-4-9(16)7-15/h6,9,16H,3-5,7H2,1-2H3,(H,12,13,14)/t9-/m1/s1. The number of piperidine rings is 1. The number of aliphatic hydroxyl groups is 1. The van der Waals surface area contributed by atoms with Gasteiger partial charge < -0.3 is 15.3 Å². The fourth-order valence-corrected chi connectivity index (χ4v) is 2.00. The number of anilines is 2. The zero-order chi connectivity index (χ0) is 11.5. The van der Waals surface area contributed by atoms with Crippen LogP contribution in [0.25, 0.3) is 0 Å². The zero-order valence-electron chi connectivity index (χ0n) is 9.77. The molecule has 1 saturated heterocycles. The fourth-order valence-electron chi connectivity index (χ4n) is 2.00. The highest BCUT2D eigenvalue weighted by atomic mass is 16.3. The van der Waals surface area contributed by atoms with Gasteiger partial charge in [0.2, 0.25) is 0 Å². The van der Waals surface area contributed by atoms with E-state index in [9.17, 15) is 5.11 Å². The number of nitrogens with zero attached hydrogens (tertiary/aromatic N) is 3. The van der Waals surface area contributed by atoms with Crippen LogP contribution in [0, 0.1) is 6.92 Å². The van der Waals surface area contributed by atoms with E-state index in [1.165, 1.54) is 0 Å². The van der Waals surface area contributed by atoms with E-state index in [1.54, 1.807) is 0 Å². The largest absolute Gasteiger partial charge is 0.391 e. The van der Waals surface area contributed by atoms with Crippen LogP contribution in [-0.4, -0.2) is 41.3 Å². The van der Waals surface area contributed by atoms with Crippen LogP contribution in [0.15, 0.2) is 6.07 Å². The number of aromatic nitrogens is 2. The molecule has 0 radical (unpaired) electrons. The molecule has 2 N–H and O–H groups in total. The van der Waals surface area contributed by atoms with Crippen molar-refractivity contribution in [2.75, 3.05) is 30.4 Å². The predicted molar refractivity (Wildman–Crippen MR) is 63.8 cm³/mol. The van der Waals surface area contributed by atoms with Gasteiger partial charge in [-0.15, -0.1) is 0 Å². The Hall–Kier alpha value is -1.36. The maximum absolute atomic E-state index is 9.64. The molecule has 0 aliphatic carbocycles. The molecule has 1 fully saturated rings. The van der Waals surface area contributed by atoms with Crippen molar-refractivity contribution in [3.05, 3.63) is 11.9 Å². The third kappa shape index (κ3) is 2.41. The topological polar surface area (TPSA) is 61.3 Å². The van der Waals surface area contributed by atoms with Gasteiger partial charge in [-0.2, -0.15) is 0 Å². The van der Waals surface area contributed by atoms with Gasteiger partial charge in [0.15, 0.2) is 0 Å². The molecule has 1 atom stereocenters. The van der Waals surface area contributed by atoms with Gasteiger partial charge >= 0.3 is 0 Å². The van der Waals surface area contributed by atoms with Crippen LogP contribution in [0.5, 0.6) is 0 Å². The predicted octanol–water partition coefficient (Wildman–Crippen LogP) is 0.788. The van der Waals surface area contributed by atoms with Crippen LogP contribution in [-0.2, 0) is 0 Å². The molecule has 16 heavy (non-hydrogen) atoms. The van der Waals surface area contributed by atoms with Crippen molar-refractivity contribution in [2.45, 2.75) is 25.9 Å². The number of rotatable bonds is 2. The number of aryl methyl sites for hydroxylation is 1. The third-order valence-corrected chi connectivity index (χ3v) is 2.80. The van der Waals surface area contributed by atoms with E-state index in [0.717, 1.165) is 36.8 Å². The minimum atomic E-state index is -0.234. The molecule has 0 bridgehead atoms. The highest BCUT2D eigenvalue weighted by Gasteiger charge is 2.19. The number of hydrogen-bond acceptors (Lipinski definition) is 5. The van der Waals surface area contributed by atoms with Crippen molar-refractivity contribution in [2.24, 2.45) is 0 Å². The third-order valence-electron chi connectivity index (χ3n) is 2.80. The van der Waals surface area contributed by atoms with Gasteiger partial charge in [0.25, 0.3) is 0 Å². The molecule has 0 saturated carbocycles. The van der Waals surface area contributed by atoms with Crippen LogP contribution in [0.4, 0.5) is 11.6 Å². The Balaban J connectivity index is 2.21. The Kier molecular flexibility index (Phi) is 3.24. The number of hydrogen-bond donors (Lipinski definition) is 2. The minimum absolute atomic E-state index is 0.234. The van der Waals surface area contributed by atoms with E-state index in [4.69, 9.17) is 0 Å². The summed E-state index contributed by atoms with van der Waals surface area (Å²) < 4.78 is 0. The van der Waals surface area contributed by atoms with E-state index in [-0.39, 0.29) is 6.10 Å². The summed E-state index contributed by atoms with van der Waals surface area (Å²) in [6.07, 6.45) is 1.67. The first kappa shape index (κ1) is 11.1. The highest BCUT2D eigenvalue weighted by Crippen LogP contribution is 2.20. The van der Waals surface area contributed by atoms with E-state index >= 15 is 0 Å². The van der Waals surface area contributed by atoms with Crippen LogP contribution in [0.3, 0.4) is 0 Å². The summed E-state index contributed by atoms with van der Waals surface area (Å²) in [5.41, 5.74) is 0. The summed E-state index contributed by atoms with van der Waals surface area (Å²) in [4.78, 5) is 10.8. The van der Waals surface area contributed by atoms with Gasteiger partial charge in [0, 0.05) is 26.2 Å². The lowest BCUT2D eigenvalue weighted by atomic mass is 10.1. The second kappa shape index (κ2) is 4.65. The summed E-state index contributed by atoms with van der Waals surface area (Å²) in [7, 11) is 1.84. The first-order chi connectivity index (χ1) is 7.69. The van der Waals surface area contributed by atoms with Gasteiger partial charge in [0.1, 0.15) is 17.5 Å². The molecular formula is C11H18N4O. The first-order valence-corrected chi connectivity index (χ1v) is 5.65. The number of nitrogens with one attached hydrogen (secondary N) is 1. The Morgan fingerprint density at radius 2 is 2.31 bits per heavy atom. The number of aliphatic hydroxyl groups excluding tert-OH is 1. The Labute approximate surface area is 95.5 Å². The zero-order valence-corrected chi connectivity index (χ0v) is 9.77. The normalized spacial score (nSPS) is 20.9. The quantitative estimate of drug-likeness (QED) is 0.774. The van der Waals surface area contributed by atoms with E-state index < -0.39 is 0 Å². The molecule has 5 heteroatoms. The molecule has 88 valence electrons. The Bertz CT molecular complexity index is 369. The molecule has 1 aliphatic rings. The molecule has 2 heterocycles. The molecule has 1 aromatic heterocycles. The van der Waals surface area contributed by atoms with Crippen LogP contribution < -0.4 is 10.2 Å². The molecule has 0 spiro atoms. The summed E-state index contributed by atoms with van der Waals surface area (Å²) in [6, 6.07) is 1.92. The van der Waals surface area contributed by atoms with Gasteiger partial charge in [0.05, 0.1) is 6.10 Å². The van der Waals surface area contributed by atoms with E-state index in [2.05, 4.69) is 20.2 Å². The van der Waals surface area contributed by atoms with Crippen molar-refractivity contribution in [3.8, 4) is 0 Å². The van der Waals surface area contributed by atoms with Gasteiger partial charge in [-0.25, -0.2) is 9.97 Å². The Morgan fingerprint density at radius 1 is 1.50 bits per heavy atom. The molecule has 0 aromatic carbocycles. The molecule has 1 aromatic rings. The Morgan fingerprint density at radius 3 is 3.00 bits per heavy atom. The van der Waals surface area contributed by atoms with E-state index in [0.29, 0.717) is 6.54 Å². The van der Waals surface area contributed by atoms with E-state index in [1.807, 2.05) is 20.0 Å². The summed E-state index contributed by atoms with van der Waals surface area (Å²) >= 11 is 0. The smallest absolute Gasteiger partial charge is 0.134 e. The van der Waals surface area contributed by atoms with Gasteiger partial charge in [-0.05, 0) is 19.8 Å². The highest BCUT2D eigenvalue weighted by molar-refractivity contribution is 5.49. The lowest BCUT2D eigenvalue weighted by Gasteiger charge is -2.31. The van der Waals surface area contributed by atoms with Crippen LogP contribution in [0.2, 0.25) is 0 Å². The van der Waals surface area contributed by atoms with Crippen LogP contribution >= 0.6 is 0 Å². The molecular weight excluding hydrogens is 204 g/mol. The lowest BCUT2D eigenvalue weighted by Crippen LogP contribution is -2.38. The minimum Gasteiger partial charge on any atom is -0.391 e. The van der Waals surface area contributed by atoms with Gasteiger partial charge in [-0.1, -0.05) is 0 Å². The molecule has 1 aliphatic heterocycles. The molecule has 5 nitrogen and oxygen atoms in total. The average Bonchev–Trinajstić information content (AvgIpc) is 2.28. The van der Waals surface area contributed by atoms with Crippen molar-refractivity contribution in [1.82, 2.24) is 9.97 Å². The number of β-amino-alcohol motifs (C(OH)–C–C–N with tert-alkyl or cyclic N) is 1. The lowest BCUT2D eigenvalue weighted by molar-refractivity contribution is 0.154. The monoisotopic (exact) mass is 222 g/mol. The van der Waals surface area contributed by atoms with Crippen LogP contribution in [0.1, 0.15) is 18.7 Å². The molecule has 0 unspecified atom stereocenters. The SMILES string of the molecule is CNc1cc(N2CCC[C@@H](O)C2)nc(C)n1. The summed E-state index contributed by atoms with van der Waals surface area (Å²) in [5.74, 6) is 2.47. The van der Waals surface area contributed by atoms with Crippen molar-refractivity contribution in [1.29, 1.82) is 0 Å². The molecule has 0 amide bonds. The maximum atomic E-state index is 9.64. The average molecular weight is 222 g/mol. The second-order valence-corrected chi connectivity index (χ2v) is 4.15. The second-order valence-electron chi connectivity index (χ2n) is 4.15. The maximum Gasteiger partial charge on any atom is 0.134 e. The van der Waals surface area contributed by atoms with Crippen molar-refractivity contribution >= 4 is 11.6 Å². The van der Waals surface area contributed by atoms with Gasteiger partial charge in [-0.3, -0.25) is 0 Å². The summed E-state index contributed by atoms with van der Waals surface area (Å²) in [5, 5.41) is 12.7. The first-order valence-electron chi connectivity index (χ1n) is 5.65. The van der Waals surface area contributed by atoms with Crippen molar-refractivity contribution in [3.63, 3.8) is 0 Å². The summed E-state index contributed by atoms with van der Waals surface area (Å²) in [6.45, 7) is 3.50.